The smallest absolute Gasteiger partial charge is 0.272 e. The summed E-state index contributed by atoms with van der Waals surface area (Å²) in [5.74, 6) is 1.08. The van der Waals surface area contributed by atoms with E-state index in [9.17, 15) is 4.79 Å². The van der Waals surface area contributed by atoms with Gasteiger partial charge in [-0.25, -0.2) is 9.97 Å². The molecule has 0 aliphatic heterocycles. The lowest BCUT2D eigenvalue weighted by Crippen LogP contribution is -2.31. The van der Waals surface area contributed by atoms with Crippen molar-refractivity contribution in [3.05, 3.63) is 83.3 Å². The summed E-state index contributed by atoms with van der Waals surface area (Å²) in [5.41, 5.74) is 3.58. The highest BCUT2D eigenvalue weighted by atomic mass is 16.2. The van der Waals surface area contributed by atoms with E-state index in [1.54, 1.807) is 17.9 Å². The molecule has 3 rings (SSSR count). The molecule has 5 heteroatoms. The van der Waals surface area contributed by atoms with E-state index in [0.29, 0.717) is 30.4 Å². The Balaban J connectivity index is 1.82. The van der Waals surface area contributed by atoms with Gasteiger partial charge in [0.1, 0.15) is 17.3 Å². The third-order valence-corrected chi connectivity index (χ3v) is 4.23. The van der Waals surface area contributed by atoms with Crippen LogP contribution in [0.15, 0.2) is 60.7 Å². The fourth-order valence-electron chi connectivity index (χ4n) is 2.91. The molecule has 1 heterocycles. The number of anilines is 2. The van der Waals surface area contributed by atoms with Gasteiger partial charge in [0.25, 0.3) is 5.91 Å². The number of benzene rings is 2. The molecule has 0 saturated carbocycles. The van der Waals surface area contributed by atoms with E-state index in [2.05, 4.69) is 15.3 Å². The standard InChI is InChI=1S/C22H24N4O/c1-4-26(15-18-10-6-5-7-11-18)22(27)20-14-21(24-17(3)23-20)25-19-12-8-9-16(2)13-19/h5-14H,4,15H2,1-3H3,(H,23,24,25). The lowest BCUT2D eigenvalue weighted by Gasteiger charge is -2.21. The van der Waals surface area contributed by atoms with E-state index in [4.69, 9.17) is 0 Å². The molecule has 0 radical (unpaired) electrons. The minimum atomic E-state index is -0.0980. The molecule has 0 atom stereocenters. The molecule has 2 aromatic carbocycles. The molecule has 1 amide bonds. The molecule has 1 aromatic heterocycles. The van der Waals surface area contributed by atoms with E-state index in [0.717, 1.165) is 16.8 Å². The number of amides is 1. The number of hydrogen-bond acceptors (Lipinski definition) is 4. The van der Waals surface area contributed by atoms with Crippen molar-refractivity contribution >= 4 is 17.4 Å². The fraction of sp³-hybridized carbons (Fsp3) is 0.227. The fourth-order valence-corrected chi connectivity index (χ4v) is 2.91. The van der Waals surface area contributed by atoms with Gasteiger partial charge in [0, 0.05) is 24.8 Å². The lowest BCUT2D eigenvalue weighted by atomic mass is 10.2. The normalized spacial score (nSPS) is 10.5. The van der Waals surface area contributed by atoms with Crippen LogP contribution in [0, 0.1) is 13.8 Å². The lowest BCUT2D eigenvalue weighted by molar-refractivity contribution is 0.0746. The molecule has 27 heavy (non-hydrogen) atoms. The second-order valence-corrected chi connectivity index (χ2v) is 6.49. The van der Waals surface area contributed by atoms with Gasteiger partial charge in [-0.15, -0.1) is 0 Å². The Kier molecular flexibility index (Phi) is 5.81. The molecule has 5 nitrogen and oxygen atoms in total. The molecule has 0 aliphatic rings. The van der Waals surface area contributed by atoms with Crippen molar-refractivity contribution in [1.29, 1.82) is 0 Å². The Morgan fingerprint density at radius 3 is 2.48 bits per heavy atom. The van der Waals surface area contributed by atoms with Crippen molar-refractivity contribution < 1.29 is 4.79 Å². The third kappa shape index (κ3) is 4.91. The van der Waals surface area contributed by atoms with Gasteiger partial charge < -0.3 is 10.2 Å². The summed E-state index contributed by atoms with van der Waals surface area (Å²) in [6, 6.07) is 19.7. The second kappa shape index (κ2) is 8.45. The average molecular weight is 360 g/mol. The van der Waals surface area contributed by atoms with Crippen LogP contribution in [0.2, 0.25) is 0 Å². The predicted octanol–water partition coefficient (Wildman–Crippen LogP) is 4.50. The third-order valence-electron chi connectivity index (χ3n) is 4.23. The van der Waals surface area contributed by atoms with Crippen molar-refractivity contribution in [2.45, 2.75) is 27.3 Å². The van der Waals surface area contributed by atoms with Crippen LogP contribution in [0.25, 0.3) is 0 Å². The first kappa shape index (κ1) is 18.6. The molecule has 1 N–H and O–H groups in total. The first-order valence-corrected chi connectivity index (χ1v) is 9.07. The molecule has 3 aromatic rings. The van der Waals surface area contributed by atoms with Crippen LogP contribution >= 0.6 is 0 Å². The minimum Gasteiger partial charge on any atom is -0.340 e. The van der Waals surface area contributed by atoms with E-state index >= 15 is 0 Å². The molecule has 0 saturated heterocycles. The number of carbonyl (C=O) groups is 1. The van der Waals surface area contributed by atoms with Gasteiger partial charge in [-0.2, -0.15) is 0 Å². The van der Waals surface area contributed by atoms with Crippen LogP contribution in [0.1, 0.15) is 34.4 Å². The predicted molar refractivity (Wildman–Crippen MR) is 108 cm³/mol. The summed E-state index contributed by atoms with van der Waals surface area (Å²) in [6.45, 7) is 6.97. The van der Waals surface area contributed by atoms with Crippen LogP contribution in [0.3, 0.4) is 0 Å². The number of carbonyl (C=O) groups excluding carboxylic acids is 1. The van der Waals surface area contributed by atoms with Crippen LogP contribution in [0.5, 0.6) is 0 Å². The summed E-state index contributed by atoms with van der Waals surface area (Å²) < 4.78 is 0. The van der Waals surface area contributed by atoms with Crippen molar-refractivity contribution in [2.24, 2.45) is 0 Å². The Labute approximate surface area is 160 Å². The number of aryl methyl sites for hydroxylation is 2. The van der Waals surface area contributed by atoms with E-state index in [-0.39, 0.29) is 5.91 Å². The van der Waals surface area contributed by atoms with Crippen molar-refractivity contribution in [3.63, 3.8) is 0 Å². The molecular formula is C22H24N4O. The number of rotatable bonds is 6. The molecule has 138 valence electrons. The SMILES string of the molecule is CCN(Cc1ccccc1)C(=O)c1cc(Nc2cccc(C)c2)nc(C)n1. The van der Waals surface area contributed by atoms with E-state index in [1.165, 1.54) is 0 Å². The zero-order valence-electron chi connectivity index (χ0n) is 15.9. The van der Waals surface area contributed by atoms with Crippen LogP contribution in [-0.2, 0) is 6.54 Å². The Bertz CT molecular complexity index is 925. The first-order chi connectivity index (χ1) is 13.0. The van der Waals surface area contributed by atoms with Gasteiger partial charge in [-0.05, 0) is 44.0 Å². The zero-order valence-corrected chi connectivity index (χ0v) is 15.9. The maximum absolute atomic E-state index is 13.0. The second-order valence-electron chi connectivity index (χ2n) is 6.49. The molecule has 0 bridgehead atoms. The van der Waals surface area contributed by atoms with Gasteiger partial charge in [0.15, 0.2) is 0 Å². The van der Waals surface area contributed by atoms with Crippen LogP contribution in [0.4, 0.5) is 11.5 Å². The van der Waals surface area contributed by atoms with Gasteiger partial charge in [-0.1, -0.05) is 42.5 Å². The highest BCUT2D eigenvalue weighted by molar-refractivity contribution is 5.93. The minimum absolute atomic E-state index is 0.0980. The topological polar surface area (TPSA) is 58.1 Å². The van der Waals surface area contributed by atoms with Crippen molar-refractivity contribution in [2.75, 3.05) is 11.9 Å². The molecular weight excluding hydrogens is 336 g/mol. The number of hydrogen-bond donors (Lipinski definition) is 1. The number of aromatic nitrogens is 2. The average Bonchev–Trinajstić information content (AvgIpc) is 2.66. The summed E-state index contributed by atoms with van der Waals surface area (Å²) in [7, 11) is 0. The van der Waals surface area contributed by atoms with Gasteiger partial charge in [-0.3, -0.25) is 4.79 Å². The molecule has 0 fully saturated rings. The highest BCUT2D eigenvalue weighted by Crippen LogP contribution is 2.18. The van der Waals surface area contributed by atoms with Gasteiger partial charge in [0.05, 0.1) is 0 Å². The maximum atomic E-state index is 13.0. The van der Waals surface area contributed by atoms with E-state index < -0.39 is 0 Å². The van der Waals surface area contributed by atoms with Crippen LogP contribution < -0.4 is 5.32 Å². The summed E-state index contributed by atoms with van der Waals surface area (Å²) in [6.07, 6.45) is 0. The first-order valence-electron chi connectivity index (χ1n) is 9.07. The van der Waals surface area contributed by atoms with E-state index in [1.807, 2.05) is 68.4 Å². The van der Waals surface area contributed by atoms with Crippen molar-refractivity contribution in [1.82, 2.24) is 14.9 Å². The summed E-state index contributed by atoms with van der Waals surface area (Å²) in [4.78, 5) is 23.6. The Hall–Kier alpha value is -3.21. The van der Waals surface area contributed by atoms with Crippen LogP contribution in [-0.4, -0.2) is 27.3 Å². The molecule has 0 aliphatic carbocycles. The zero-order chi connectivity index (χ0) is 19.2. The molecule has 0 unspecified atom stereocenters. The molecule has 0 spiro atoms. The van der Waals surface area contributed by atoms with Gasteiger partial charge in [0.2, 0.25) is 0 Å². The Morgan fingerprint density at radius 1 is 1.00 bits per heavy atom. The summed E-state index contributed by atoms with van der Waals surface area (Å²) >= 11 is 0. The summed E-state index contributed by atoms with van der Waals surface area (Å²) in [5, 5.41) is 3.27. The maximum Gasteiger partial charge on any atom is 0.272 e. The highest BCUT2D eigenvalue weighted by Gasteiger charge is 2.17. The quantitative estimate of drug-likeness (QED) is 0.703. The monoisotopic (exact) mass is 360 g/mol. The number of nitrogens with zero attached hydrogens (tertiary/aromatic N) is 3. The van der Waals surface area contributed by atoms with Gasteiger partial charge >= 0.3 is 0 Å². The number of nitrogens with one attached hydrogen (secondary N) is 1. The van der Waals surface area contributed by atoms with Crippen molar-refractivity contribution in [3.8, 4) is 0 Å². The largest absolute Gasteiger partial charge is 0.340 e. The Morgan fingerprint density at radius 2 is 1.78 bits per heavy atom.